The summed E-state index contributed by atoms with van der Waals surface area (Å²) in [6.07, 6.45) is 6.55. The quantitative estimate of drug-likeness (QED) is 0.748. The van der Waals surface area contributed by atoms with Crippen LogP contribution < -0.4 is 10.2 Å². The van der Waals surface area contributed by atoms with Crippen molar-refractivity contribution >= 4 is 17.5 Å². The topological polar surface area (TPSA) is 68.8 Å². The van der Waals surface area contributed by atoms with Gasteiger partial charge in [-0.25, -0.2) is 0 Å². The molecule has 3 saturated heterocycles. The summed E-state index contributed by atoms with van der Waals surface area (Å²) in [5.74, 6) is -0.189. The molecule has 3 atom stereocenters. The van der Waals surface area contributed by atoms with Crippen LogP contribution in [0.15, 0.2) is 48.7 Å². The first kappa shape index (κ1) is 21.7. The largest absolute Gasteiger partial charge is 0.356 e. The predicted molar refractivity (Wildman–Crippen MR) is 130 cm³/mol. The van der Waals surface area contributed by atoms with E-state index in [1.54, 1.807) is 0 Å². The van der Waals surface area contributed by atoms with Gasteiger partial charge in [-0.15, -0.1) is 0 Å². The van der Waals surface area contributed by atoms with Crippen LogP contribution in [0.5, 0.6) is 0 Å². The van der Waals surface area contributed by atoms with Crippen LogP contribution in [0.2, 0.25) is 0 Å². The molecule has 1 spiro atoms. The van der Waals surface area contributed by atoms with E-state index in [0.29, 0.717) is 19.1 Å². The van der Waals surface area contributed by atoms with E-state index in [1.165, 1.54) is 0 Å². The molecule has 6 rings (SSSR count). The molecule has 34 heavy (non-hydrogen) atoms. The van der Waals surface area contributed by atoms with Gasteiger partial charge in [0.2, 0.25) is 5.91 Å². The van der Waals surface area contributed by atoms with Crippen LogP contribution in [-0.4, -0.2) is 65.4 Å². The Balaban J connectivity index is 1.34. The molecule has 2 bridgehead atoms. The van der Waals surface area contributed by atoms with E-state index in [1.807, 2.05) is 35.4 Å². The van der Waals surface area contributed by atoms with Crippen molar-refractivity contribution in [3.05, 3.63) is 59.9 Å². The number of fused-ring (bicyclic) bond motifs is 4. The fourth-order valence-electron chi connectivity index (χ4n) is 6.86. The molecule has 3 fully saturated rings. The first-order valence-electron chi connectivity index (χ1n) is 12.8. The van der Waals surface area contributed by atoms with E-state index < -0.39 is 5.54 Å². The third-order valence-electron chi connectivity index (χ3n) is 8.25. The summed E-state index contributed by atoms with van der Waals surface area (Å²) >= 11 is 0. The SMILES string of the molecule is O=C1NCCCN(Cc2ccccn2)CCCN2C(=O)[C@@]3(c4ccccc42)[C@@H]1C[C@@H]1CCCN13. The summed E-state index contributed by atoms with van der Waals surface area (Å²) in [7, 11) is 0. The molecular weight excluding hydrogens is 426 g/mol. The summed E-state index contributed by atoms with van der Waals surface area (Å²) in [6.45, 7) is 4.75. The first-order chi connectivity index (χ1) is 16.7. The van der Waals surface area contributed by atoms with Gasteiger partial charge in [0, 0.05) is 56.2 Å². The maximum Gasteiger partial charge on any atom is 0.253 e. The number of para-hydroxylation sites is 1. The number of amides is 2. The number of nitrogens with one attached hydrogen (secondary N) is 1. The molecule has 7 nitrogen and oxygen atoms in total. The number of nitrogens with zero attached hydrogens (tertiary/aromatic N) is 4. The zero-order valence-electron chi connectivity index (χ0n) is 19.7. The summed E-state index contributed by atoms with van der Waals surface area (Å²) in [5, 5.41) is 3.22. The third-order valence-corrected chi connectivity index (χ3v) is 8.25. The summed E-state index contributed by atoms with van der Waals surface area (Å²) in [4.78, 5) is 39.2. The molecule has 2 aromatic rings. The van der Waals surface area contributed by atoms with Crippen LogP contribution in [0.1, 0.15) is 43.4 Å². The van der Waals surface area contributed by atoms with Crippen molar-refractivity contribution < 1.29 is 9.59 Å². The second-order valence-corrected chi connectivity index (χ2v) is 10.1. The Labute approximate surface area is 201 Å². The number of hydrogen-bond donors (Lipinski definition) is 1. The molecular formula is C27H33N5O2. The number of carbonyl (C=O) groups is 2. The van der Waals surface area contributed by atoms with Gasteiger partial charge in [-0.05, 0) is 56.8 Å². The monoisotopic (exact) mass is 459 g/mol. The molecule has 1 aromatic heterocycles. The molecule has 7 heteroatoms. The van der Waals surface area contributed by atoms with Gasteiger partial charge >= 0.3 is 0 Å². The van der Waals surface area contributed by atoms with Crippen LogP contribution in [0.3, 0.4) is 0 Å². The lowest BCUT2D eigenvalue weighted by Crippen LogP contribution is -2.56. The van der Waals surface area contributed by atoms with E-state index >= 15 is 0 Å². The Morgan fingerprint density at radius 1 is 0.971 bits per heavy atom. The summed E-state index contributed by atoms with van der Waals surface area (Å²) in [5.41, 5.74) is 2.23. The van der Waals surface area contributed by atoms with Gasteiger partial charge in [0.25, 0.3) is 5.91 Å². The normalized spacial score (nSPS) is 30.1. The average Bonchev–Trinajstić information content (AvgIpc) is 3.51. The Morgan fingerprint density at radius 2 is 1.82 bits per heavy atom. The molecule has 0 saturated carbocycles. The lowest BCUT2D eigenvalue weighted by atomic mass is 9.78. The van der Waals surface area contributed by atoms with Crippen LogP contribution in [0.25, 0.3) is 0 Å². The summed E-state index contributed by atoms with van der Waals surface area (Å²) in [6, 6.07) is 14.5. The van der Waals surface area contributed by atoms with Gasteiger partial charge in [0.05, 0.1) is 11.6 Å². The van der Waals surface area contributed by atoms with Gasteiger partial charge in [0.15, 0.2) is 0 Å². The number of carbonyl (C=O) groups excluding carboxylic acids is 2. The molecule has 0 radical (unpaired) electrons. The van der Waals surface area contributed by atoms with Crippen LogP contribution in [0.4, 0.5) is 5.69 Å². The lowest BCUT2D eigenvalue weighted by Gasteiger charge is -2.37. The lowest BCUT2D eigenvalue weighted by molar-refractivity contribution is -0.138. The molecule has 178 valence electrons. The molecule has 1 N–H and O–H groups in total. The second kappa shape index (κ2) is 8.78. The van der Waals surface area contributed by atoms with Gasteiger partial charge < -0.3 is 10.2 Å². The van der Waals surface area contributed by atoms with Crippen molar-refractivity contribution in [3.63, 3.8) is 0 Å². The van der Waals surface area contributed by atoms with Crippen molar-refractivity contribution in [3.8, 4) is 0 Å². The summed E-state index contributed by atoms with van der Waals surface area (Å²) < 4.78 is 0. The van der Waals surface area contributed by atoms with Crippen LogP contribution in [-0.2, 0) is 21.7 Å². The maximum atomic E-state index is 14.3. The minimum Gasteiger partial charge on any atom is -0.356 e. The zero-order chi connectivity index (χ0) is 23.1. The minimum absolute atomic E-state index is 0.0370. The van der Waals surface area contributed by atoms with Gasteiger partial charge in [-0.3, -0.25) is 24.4 Å². The van der Waals surface area contributed by atoms with Crippen LogP contribution in [0, 0.1) is 5.92 Å². The van der Waals surface area contributed by atoms with Crippen molar-refractivity contribution in [2.75, 3.05) is 37.6 Å². The third kappa shape index (κ3) is 3.36. The standard InChI is InChI=1S/C27H33N5O2/c33-25-23-18-21-9-5-17-32(21)27(23)22-10-1-2-11-24(22)31(26(27)34)16-7-15-30(14-6-13-29-25)19-20-8-3-4-12-28-20/h1-4,8,10-12,21,23H,5-7,9,13-19H2,(H,29,33)/t21-,23+,27+/m0/s1. The number of aromatic nitrogens is 1. The Bertz CT molecular complexity index is 1080. The predicted octanol–water partition coefficient (Wildman–Crippen LogP) is 2.52. The smallest absolute Gasteiger partial charge is 0.253 e. The average molecular weight is 460 g/mol. The van der Waals surface area contributed by atoms with Crippen molar-refractivity contribution in [2.45, 2.75) is 50.2 Å². The Hall–Kier alpha value is -2.77. The number of rotatable bonds is 2. The molecule has 4 aliphatic rings. The number of anilines is 1. The first-order valence-corrected chi connectivity index (χ1v) is 12.8. The molecule has 4 aliphatic heterocycles. The van der Waals surface area contributed by atoms with E-state index in [4.69, 9.17) is 0 Å². The Morgan fingerprint density at radius 3 is 2.71 bits per heavy atom. The molecule has 0 unspecified atom stereocenters. The highest BCUT2D eigenvalue weighted by molar-refractivity contribution is 6.10. The van der Waals surface area contributed by atoms with Gasteiger partial charge in [-0.1, -0.05) is 24.3 Å². The van der Waals surface area contributed by atoms with E-state index in [2.05, 4.69) is 38.3 Å². The van der Waals surface area contributed by atoms with E-state index in [0.717, 1.165) is 75.2 Å². The fraction of sp³-hybridized carbons (Fsp3) is 0.519. The fourth-order valence-corrected chi connectivity index (χ4v) is 6.86. The van der Waals surface area contributed by atoms with Gasteiger partial charge in [0.1, 0.15) is 5.54 Å². The highest BCUT2D eigenvalue weighted by Crippen LogP contribution is 2.57. The molecule has 1 aromatic carbocycles. The highest BCUT2D eigenvalue weighted by atomic mass is 16.2. The molecule has 2 amide bonds. The van der Waals surface area contributed by atoms with Crippen LogP contribution >= 0.6 is 0 Å². The second-order valence-electron chi connectivity index (χ2n) is 10.1. The highest BCUT2D eigenvalue weighted by Gasteiger charge is 2.66. The number of hydrogen-bond acceptors (Lipinski definition) is 5. The number of benzene rings is 1. The van der Waals surface area contributed by atoms with Crippen molar-refractivity contribution in [1.82, 2.24) is 20.1 Å². The zero-order valence-corrected chi connectivity index (χ0v) is 19.7. The number of pyridine rings is 1. The van der Waals surface area contributed by atoms with Crippen molar-refractivity contribution in [2.24, 2.45) is 5.92 Å². The van der Waals surface area contributed by atoms with E-state index in [9.17, 15) is 9.59 Å². The molecule has 0 aliphatic carbocycles. The molecule has 5 heterocycles. The maximum absolute atomic E-state index is 14.3. The minimum atomic E-state index is -0.844. The van der Waals surface area contributed by atoms with E-state index in [-0.39, 0.29) is 17.7 Å². The van der Waals surface area contributed by atoms with Crippen molar-refractivity contribution in [1.29, 1.82) is 0 Å². The Kier molecular flexibility index (Phi) is 5.62. The van der Waals surface area contributed by atoms with Gasteiger partial charge in [-0.2, -0.15) is 0 Å².